The van der Waals surface area contributed by atoms with Crippen molar-refractivity contribution in [2.75, 3.05) is 31.6 Å². The maximum atomic E-state index is 13.2. The van der Waals surface area contributed by atoms with Crippen molar-refractivity contribution < 1.29 is 23.2 Å². The van der Waals surface area contributed by atoms with Crippen LogP contribution in [0.25, 0.3) is 0 Å². The molecule has 1 fully saturated rings. The highest BCUT2D eigenvalue weighted by Gasteiger charge is 2.26. The molecule has 8 nitrogen and oxygen atoms in total. The first-order chi connectivity index (χ1) is 15.1. The van der Waals surface area contributed by atoms with Crippen LogP contribution in [0.2, 0.25) is 0 Å². The molecule has 1 aromatic carbocycles. The Labute approximate surface area is 179 Å². The van der Waals surface area contributed by atoms with Crippen LogP contribution in [0.5, 0.6) is 5.75 Å². The summed E-state index contributed by atoms with van der Waals surface area (Å²) in [5.41, 5.74) is 0.721. The molecule has 1 aliphatic heterocycles. The summed E-state index contributed by atoms with van der Waals surface area (Å²) in [5, 5.41) is 6.99. The first-order valence-corrected chi connectivity index (χ1v) is 10.0. The van der Waals surface area contributed by atoms with E-state index < -0.39 is 0 Å². The number of anilines is 2. The molecule has 0 aliphatic carbocycles. The number of nitrogens with zero attached hydrogens (tertiary/aromatic N) is 3. The molecule has 1 amide bonds. The summed E-state index contributed by atoms with van der Waals surface area (Å²) in [5.74, 6) is 1.87. The van der Waals surface area contributed by atoms with Crippen LogP contribution < -0.4 is 10.1 Å². The van der Waals surface area contributed by atoms with Gasteiger partial charge < -0.3 is 24.2 Å². The lowest BCUT2D eigenvalue weighted by atomic mass is 10.1. The monoisotopic (exact) mass is 426 g/mol. The molecule has 0 radical (unpaired) electrons. The van der Waals surface area contributed by atoms with Crippen LogP contribution in [0, 0.1) is 12.7 Å². The summed E-state index contributed by atoms with van der Waals surface area (Å²) >= 11 is 0. The molecule has 2 aromatic heterocycles. The first kappa shape index (κ1) is 20.8. The highest BCUT2D eigenvalue weighted by Crippen LogP contribution is 2.23. The third-order valence-electron chi connectivity index (χ3n) is 4.78. The molecule has 0 saturated carbocycles. The van der Waals surface area contributed by atoms with Gasteiger partial charge in [-0.1, -0.05) is 17.3 Å². The van der Waals surface area contributed by atoms with Gasteiger partial charge in [0.05, 0.1) is 31.9 Å². The van der Waals surface area contributed by atoms with Crippen LogP contribution >= 0.6 is 0 Å². The Morgan fingerprint density at radius 2 is 2.13 bits per heavy atom. The quantitative estimate of drug-likeness (QED) is 0.617. The largest absolute Gasteiger partial charge is 0.493 e. The summed E-state index contributed by atoms with van der Waals surface area (Å²) < 4.78 is 29.6. The fraction of sp³-hybridized carbons (Fsp3) is 0.318. The molecule has 0 bridgehead atoms. The van der Waals surface area contributed by atoms with Gasteiger partial charge in [0.15, 0.2) is 5.82 Å². The fourth-order valence-corrected chi connectivity index (χ4v) is 3.28. The average molecular weight is 426 g/mol. The number of hydrogen-bond donors (Lipinski definition) is 1. The van der Waals surface area contributed by atoms with Gasteiger partial charge in [-0.25, -0.2) is 9.37 Å². The number of halogens is 1. The molecule has 0 spiro atoms. The zero-order chi connectivity index (χ0) is 21.6. The number of hydrogen-bond acceptors (Lipinski definition) is 7. The van der Waals surface area contributed by atoms with Crippen LogP contribution in [0.15, 0.2) is 53.1 Å². The molecule has 9 heteroatoms. The van der Waals surface area contributed by atoms with E-state index in [0.29, 0.717) is 42.8 Å². The van der Waals surface area contributed by atoms with Gasteiger partial charge in [0, 0.05) is 18.7 Å². The molecular weight excluding hydrogens is 403 g/mol. The number of nitrogens with one attached hydrogen (secondary N) is 1. The van der Waals surface area contributed by atoms with Gasteiger partial charge in [-0.15, -0.1) is 0 Å². The third-order valence-corrected chi connectivity index (χ3v) is 4.78. The van der Waals surface area contributed by atoms with Crippen LogP contribution in [0.3, 0.4) is 0 Å². The molecular formula is C22H23FN4O4. The number of aromatic nitrogens is 2. The lowest BCUT2D eigenvalue weighted by Gasteiger charge is -2.32. The number of ether oxygens (including phenoxy) is 2. The molecule has 31 heavy (non-hydrogen) atoms. The number of morpholine rings is 1. The highest BCUT2D eigenvalue weighted by atomic mass is 19.1. The Bertz CT molecular complexity index is 1040. The number of aryl methyl sites for hydroxylation is 1. The lowest BCUT2D eigenvalue weighted by Crippen LogP contribution is -2.42. The van der Waals surface area contributed by atoms with Gasteiger partial charge in [-0.3, -0.25) is 4.79 Å². The van der Waals surface area contributed by atoms with Gasteiger partial charge in [0.2, 0.25) is 5.91 Å². The van der Waals surface area contributed by atoms with Crippen molar-refractivity contribution in [1.82, 2.24) is 15.0 Å². The van der Waals surface area contributed by atoms with Crippen molar-refractivity contribution in [2.45, 2.75) is 19.4 Å². The Hall–Kier alpha value is -3.46. The second-order valence-electron chi connectivity index (χ2n) is 7.15. The Balaban J connectivity index is 1.32. The zero-order valence-electron chi connectivity index (χ0n) is 17.1. The zero-order valence-corrected chi connectivity index (χ0v) is 17.1. The van der Waals surface area contributed by atoms with E-state index in [2.05, 4.69) is 15.5 Å². The Kier molecular flexibility index (Phi) is 6.42. The number of pyridine rings is 1. The van der Waals surface area contributed by atoms with E-state index in [1.165, 1.54) is 12.1 Å². The molecule has 1 N–H and O–H groups in total. The van der Waals surface area contributed by atoms with E-state index in [0.717, 1.165) is 5.69 Å². The Morgan fingerprint density at radius 1 is 1.26 bits per heavy atom. The number of rotatable bonds is 7. The van der Waals surface area contributed by atoms with E-state index in [4.69, 9.17) is 14.0 Å². The van der Waals surface area contributed by atoms with Crippen molar-refractivity contribution in [3.05, 3.63) is 65.8 Å². The maximum Gasteiger partial charge on any atom is 0.226 e. The second-order valence-corrected chi connectivity index (χ2v) is 7.15. The van der Waals surface area contributed by atoms with Gasteiger partial charge in [-0.05, 0) is 31.2 Å². The summed E-state index contributed by atoms with van der Waals surface area (Å²) in [4.78, 5) is 18.9. The smallest absolute Gasteiger partial charge is 0.226 e. The van der Waals surface area contributed by atoms with Crippen molar-refractivity contribution >= 4 is 17.5 Å². The minimum absolute atomic E-state index is 0.0444. The average Bonchev–Trinajstić information content (AvgIpc) is 3.18. The molecule has 3 aromatic rings. The Morgan fingerprint density at radius 3 is 2.94 bits per heavy atom. The lowest BCUT2D eigenvalue weighted by molar-refractivity contribution is -0.139. The van der Waals surface area contributed by atoms with Crippen LogP contribution in [0.1, 0.15) is 24.0 Å². The van der Waals surface area contributed by atoms with Crippen LogP contribution in [-0.4, -0.2) is 47.3 Å². The van der Waals surface area contributed by atoms with E-state index in [1.54, 1.807) is 23.1 Å². The second kappa shape index (κ2) is 9.57. The van der Waals surface area contributed by atoms with Gasteiger partial charge >= 0.3 is 0 Å². The fourth-order valence-electron chi connectivity index (χ4n) is 3.28. The van der Waals surface area contributed by atoms with Gasteiger partial charge in [0.25, 0.3) is 0 Å². The minimum Gasteiger partial charge on any atom is -0.493 e. The number of amides is 1. The number of carbonyl (C=O) groups excluding carboxylic acids is 1. The van der Waals surface area contributed by atoms with Gasteiger partial charge in [-0.2, -0.15) is 0 Å². The molecule has 0 unspecified atom stereocenters. The molecule has 162 valence electrons. The molecule has 1 atom stereocenters. The predicted octanol–water partition coefficient (Wildman–Crippen LogP) is 3.63. The normalized spacial score (nSPS) is 16.2. The maximum absolute atomic E-state index is 13.2. The topological polar surface area (TPSA) is 89.7 Å². The molecule has 4 rings (SSSR count). The van der Waals surface area contributed by atoms with Crippen molar-refractivity contribution in [1.29, 1.82) is 0 Å². The van der Waals surface area contributed by atoms with Crippen molar-refractivity contribution in [3.8, 4) is 5.75 Å². The number of carbonyl (C=O) groups is 1. The van der Waals surface area contributed by atoms with Gasteiger partial charge in [0.1, 0.15) is 29.2 Å². The summed E-state index contributed by atoms with van der Waals surface area (Å²) in [6, 6.07) is 13.2. The molecule has 1 saturated heterocycles. The first-order valence-electron chi connectivity index (χ1n) is 10.0. The summed E-state index contributed by atoms with van der Waals surface area (Å²) in [6.45, 7) is 3.32. The molecule has 3 heterocycles. The van der Waals surface area contributed by atoms with E-state index in [1.807, 2.05) is 25.1 Å². The minimum atomic E-state index is -0.372. The van der Waals surface area contributed by atoms with Crippen LogP contribution in [0.4, 0.5) is 16.0 Å². The standard InChI is InChI=1S/C22H23FN4O4/c1-15-12-21(26-31-15)25-20-7-3-6-18(24-20)19-14-27(9-11-30-19)22(28)8-10-29-17-5-2-4-16(23)13-17/h2-7,12-13,19H,8-11,14H2,1H3,(H,24,25,26)/t19-/m1/s1. The SMILES string of the molecule is Cc1cc(Nc2cccc([C@H]3CN(C(=O)CCOc4cccc(F)c4)CCO3)n2)no1. The van der Waals surface area contributed by atoms with E-state index in [9.17, 15) is 9.18 Å². The van der Waals surface area contributed by atoms with E-state index >= 15 is 0 Å². The predicted molar refractivity (Wildman–Crippen MR) is 111 cm³/mol. The van der Waals surface area contributed by atoms with Crippen molar-refractivity contribution in [2.24, 2.45) is 0 Å². The summed E-state index contributed by atoms with van der Waals surface area (Å²) in [7, 11) is 0. The number of benzene rings is 1. The van der Waals surface area contributed by atoms with E-state index in [-0.39, 0.29) is 30.9 Å². The summed E-state index contributed by atoms with van der Waals surface area (Å²) in [6.07, 6.45) is -0.133. The highest BCUT2D eigenvalue weighted by molar-refractivity contribution is 5.76. The van der Waals surface area contributed by atoms with Crippen molar-refractivity contribution in [3.63, 3.8) is 0 Å². The van der Waals surface area contributed by atoms with Crippen LogP contribution in [-0.2, 0) is 9.53 Å². The molecule has 1 aliphatic rings. The third kappa shape index (κ3) is 5.58.